The fourth-order valence-electron chi connectivity index (χ4n) is 1.56. The minimum absolute atomic E-state index is 0.0175. The summed E-state index contributed by atoms with van der Waals surface area (Å²) in [5, 5.41) is 0. The lowest BCUT2D eigenvalue weighted by atomic mass is 10.0. The van der Waals surface area contributed by atoms with Crippen LogP contribution in [0.5, 0.6) is 0 Å². The molecule has 5 heteroatoms. The van der Waals surface area contributed by atoms with Gasteiger partial charge in [0.1, 0.15) is 0 Å². The first-order valence-electron chi connectivity index (χ1n) is 4.81. The molecule has 1 heterocycles. The van der Waals surface area contributed by atoms with E-state index < -0.39 is 11.7 Å². The van der Waals surface area contributed by atoms with Crippen molar-refractivity contribution in [2.45, 2.75) is 11.1 Å². The molecule has 0 amide bonds. The van der Waals surface area contributed by atoms with E-state index >= 15 is 0 Å². The second-order valence-electron chi connectivity index (χ2n) is 3.41. The van der Waals surface area contributed by atoms with Gasteiger partial charge in [-0.3, -0.25) is 4.98 Å². The summed E-state index contributed by atoms with van der Waals surface area (Å²) in [6.07, 6.45) is -2.96. The van der Waals surface area contributed by atoms with E-state index in [-0.39, 0.29) is 16.2 Å². The van der Waals surface area contributed by atoms with E-state index in [1.165, 1.54) is 24.4 Å². The summed E-state index contributed by atoms with van der Waals surface area (Å²) >= 11 is 4.07. The summed E-state index contributed by atoms with van der Waals surface area (Å²) in [6, 6.07) is 8.70. The lowest BCUT2D eigenvalue weighted by Gasteiger charge is -2.14. The normalized spacial score (nSPS) is 11.5. The smallest absolute Gasteiger partial charge is 0.256 e. The average molecular weight is 255 g/mol. The first-order valence-corrected chi connectivity index (χ1v) is 5.25. The Hall–Kier alpha value is -1.49. The van der Waals surface area contributed by atoms with Crippen LogP contribution in [-0.2, 0) is 6.18 Å². The molecule has 0 radical (unpaired) electrons. The molecule has 0 atom stereocenters. The van der Waals surface area contributed by atoms with Crippen LogP contribution in [0.3, 0.4) is 0 Å². The molecule has 17 heavy (non-hydrogen) atoms. The largest absolute Gasteiger partial charge is 0.417 e. The van der Waals surface area contributed by atoms with Gasteiger partial charge in [0, 0.05) is 16.7 Å². The maximum absolute atomic E-state index is 12.9. The molecular formula is C12H8F3NS. The first-order chi connectivity index (χ1) is 8.00. The molecule has 88 valence electrons. The predicted molar refractivity (Wildman–Crippen MR) is 61.9 cm³/mol. The number of hydrogen-bond donors (Lipinski definition) is 1. The summed E-state index contributed by atoms with van der Waals surface area (Å²) in [7, 11) is 0. The van der Waals surface area contributed by atoms with Gasteiger partial charge in [0.2, 0.25) is 0 Å². The predicted octanol–water partition coefficient (Wildman–Crippen LogP) is 4.06. The number of halogens is 3. The van der Waals surface area contributed by atoms with Crippen molar-refractivity contribution in [2.24, 2.45) is 0 Å². The molecule has 1 aromatic carbocycles. The van der Waals surface area contributed by atoms with Gasteiger partial charge in [-0.25, -0.2) is 0 Å². The third-order valence-corrected chi connectivity index (χ3v) is 2.64. The summed E-state index contributed by atoms with van der Waals surface area (Å²) in [5.41, 5.74) is -0.432. The number of alkyl halides is 3. The van der Waals surface area contributed by atoms with E-state index in [0.29, 0.717) is 0 Å². The Morgan fingerprint density at radius 3 is 2.35 bits per heavy atom. The van der Waals surface area contributed by atoms with Gasteiger partial charge in [0.25, 0.3) is 0 Å². The highest BCUT2D eigenvalue weighted by atomic mass is 32.1. The number of benzene rings is 1. The highest BCUT2D eigenvalue weighted by Gasteiger charge is 2.34. The van der Waals surface area contributed by atoms with Crippen LogP contribution in [0.1, 0.15) is 5.56 Å². The number of aromatic nitrogens is 1. The summed E-state index contributed by atoms with van der Waals surface area (Å²) in [4.78, 5) is 4.20. The Morgan fingerprint density at radius 2 is 1.76 bits per heavy atom. The van der Waals surface area contributed by atoms with Gasteiger partial charge in [0.05, 0.1) is 11.3 Å². The molecule has 1 nitrogen and oxygen atoms in total. The third-order valence-electron chi connectivity index (χ3n) is 2.27. The van der Waals surface area contributed by atoms with Crippen LogP contribution in [0.25, 0.3) is 11.3 Å². The van der Waals surface area contributed by atoms with Crippen LogP contribution in [0, 0.1) is 0 Å². The van der Waals surface area contributed by atoms with Crippen LogP contribution in [0.2, 0.25) is 0 Å². The maximum atomic E-state index is 12.9. The molecule has 0 saturated heterocycles. The van der Waals surface area contributed by atoms with Crippen molar-refractivity contribution in [1.29, 1.82) is 0 Å². The highest BCUT2D eigenvalue weighted by Crippen LogP contribution is 2.39. The molecule has 0 aliphatic carbocycles. The van der Waals surface area contributed by atoms with Gasteiger partial charge in [-0.1, -0.05) is 12.1 Å². The fraction of sp³-hybridized carbons (Fsp3) is 0.0833. The van der Waals surface area contributed by atoms with E-state index in [4.69, 9.17) is 0 Å². The number of pyridine rings is 1. The van der Waals surface area contributed by atoms with E-state index in [2.05, 4.69) is 17.6 Å². The van der Waals surface area contributed by atoms with Gasteiger partial charge in [0.15, 0.2) is 0 Å². The zero-order valence-corrected chi connectivity index (χ0v) is 9.46. The molecule has 2 rings (SSSR count). The molecule has 2 aromatic rings. The number of hydrogen-bond acceptors (Lipinski definition) is 2. The second-order valence-corrected chi connectivity index (χ2v) is 3.89. The quantitative estimate of drug-likeness (QED) is 0.758. The van der Waals surface area contributed by atoms with E-state index in [1.807, 2.05) is 0 Å². The minimum Gasteiger partial charge on any atom is -0.256 e. The fourth-order valence-corrected chi connectivity index (χ4v) is 1.88. The zero-order chi connectivity index (χ0) is 12.5. The van der Waals surface area contributed by atoms with Crippen molar-refractivity contribution in [3.63, 3.8) is 0 Å². The topological polar surface area (TPSA) is 12.9 Å². The van der Waals surface area contributed by atoms with Crippen LogP contribution in [0.4, 0.5) is 13.2 Å². The van der Waals surface area contributed by atoms with Crippen molar-refractivity contribution in [1.82, 2.24) is 4.98 Å². The van der Waals surface area contributed by atoms with Gasteiger partial charge < -0.3 is 0 Å². The van der Waals surface area contributed by atoms with Crippen molar-refractivity contribution in [2.75, 3.05) is 0 Å². The first kappa shape index (κ1) is 12.0. The summed E-state index contributed by atoms with van der Waals surface area (Å²) < 4.78 is 38.6. The molecule has 1 aromatic heterocycles. The van der Waals surface area contributed by atoms with Crippen LogP contribution < -0.4 is 0 Å². The maximum Gasteiger partial charge on any atom is 0.417 e. The van der Waals surface area contributed by atoms with Crippen molar-refractivity contribution < 1.29 is 13.2 Å². The molecule has 0 fully saturated rings. The third kappa shape index (κ3) is 2.44. The van der Waals surface area contributed by atoms with Gasteiger partial charge >= 0.3 is 6.18 Å². The zero-order valence-electron chi connectivity index (χ0n) is 8.57. The van der Waals surface area contributed by atoms with Gasteiger partial charge in [-0.05, 0) is 24.3 Å². The number of nitrogens with zero attached hydrogens (tertiary/aromatic N) is 1. The number of rotatable bonds is 1. The van der Waals surface area contributed by atoms with E-state index in [1.54, 1.807) is 12.1 Å². The minimum atomic E-state index is -4.41. The molecule has 0 saturated carbocycles. The highest BCUT2D eigenvalue weighted by molar-refractivity contribution is 7.80. The molecule has 0 N–H and O–H groups in total. The lowest BCUT2D eigenvalue weighted by Crippen LogP contribution is -2.08. The molecule has 0 spiro atoms. The van der Waals surface area contributed by atoms with E-state index in [0.717, 1.165) is 6.07 Å². The summed E-state index contributed by atoms with van der Waals surface area (Å²) in [5.74, 6) is 0. The number of thiol groups is 1. The molecule has 0 aliphatic rings. The molecule has 0 unspecified atom stereocenters. The Bertz CT molecular complexity index is 523. The molecule has 0 aliphatic heterocycles. The Morgan fingerprint density at radius 1 is 1.00 bits per heavy atom. The molecular weight excluding hydrogens is 247 g/mol. The standard InChI is InChI=1S/C12H8F3NS/c13-12(14,15)8-4-3-6-10(17)11(8)9-5-1-2-7-16-9/h1-7,17H. The summed E-state index contributed by atoms with van der Waals surface area (Å²) in [6.45, 7) is 0. The van der Waals surface area contributed by atoms with Crippen LogP contribution >= 0.6 is 12.6 Å². The Labute approximate surface area is 102 Å². The second kappa shape index (κ2) is 4.41. The van der Waals surface area contributed by atoms with Crippen molar-refractivity contribution in [3.05, 3.63) is 48.2 Å². The SMILES string of the molecule is FC(F)(F)c1cccc(S)c1-c1ccccn1. The Balaban J connectivity index is 2.69. The van der Waals surface area contributed by atoms with Crippen molar-refractivity contribution >= 4 is 12.6 Å². The monoisotopic (exact) mass is 255 g/mol. The van der Waals surface area contributed by atoms with Crippen molar-refractivity contribution in [3.8, 4) is 11.3 Å². The Kier molecular flexibility index (Phi) is 3.11. The lowest BCUT2D eigenvalue weighted by molar-refractivity contribution is -0.137. The molecule has 0 bridgehead atoms. The van der Waals surface area contributed by atoms with Gasteiger partial charge in [-0.15, -0.1) is 12.6 Å². The van der Waals surface area contributed by atoms with Crippen LogP contribution in [0.15, 0.2) is 47.5 Å². The van der Waals surface area contributed by atoms with E-state index in [9.17, 15) is 13.2 Å². The average Bonchev–Trinajstić information content (AvgIpc) is 2.28. The van der Waals surface area contributed by atoms with Gasteiger partial charge in [-0.2, -0.15) is 13.2 Å². The van der Waals surface area contributed by atoms with Crippen LogP contribution in [-0.4, -0.2) is 4.98 Å².